The highest BCUT2D eigenvalue weighted by Gasteiger charge is 2.30. The molecule has 0 amide bonds. The maximum absolute atomic E-state index is 11.6. The van der Waals surface area contributed by atoms with E-state index in [1.165, 1.54) is 0 Å². The number of nitrogen functional groups attached to an aromatic ring is 2. The second kappa shape index (κ2) is 2.74. The lowest BCUT2D eigenvalue weighted by atomic mass is 10.1. The zero-order chi connectivity index (χ0) is 9.42. The molecular formula is C9H11N3O. The van der Waals surface area contributed by atoms with Crippen molar-refractivity contribution >= 4 is 17.2 Å². The van der Waals surface area contributed by atoms with E-state index in [4.69, 9.17) is 11.5 Å². The van der Waals surface area contributed by atoms with Gasteiger partial charge in [-0.2, -0.15) is 0 Å². The van der Waals surface area contributed by atoms with Gasteiger partial charge in [-0.25, -0.2) is 0 Å². The molecular weight excluding hydrogens is 166 g/mol. The molecule has 1 aliphatic heterocycles. The van der Waals surface area contributed by atoms with E-state index in [0.717, 1.165) is 6.54 Å². The number of nitrogens with two attached hydrogens (primary N) is 2. The van der Waals surface area contributed by atoms with Gasteiger partial charge in [0, 0.05) is 23.5 Å². The van der Waals surface area contributed by atoms with Gasteiger partial charge in [0.25, 0.3) is 0 Å². The summed E-state index contributed by atoms with van der Waals surface area (Å²) in [4.78, 5) is 11.6. The first kappa shape index (κ1) is 8.07. The molecule has 4 heteroatoms. The van der Waals surface area contributed by atoms with Crippen molar-refractivity contribution in [3.63, 3.8) is 0 Å². The van der Waals surface area contributed by atoms with E-state index in [0.29, 0.717) is 16.9 Å². The number of benzene rings is 1. The van der Waals surface area contributed by atoms with Crippen LogP contribution in [-0.2, 0) is 0 Å². The number of ketones is 1. The highest BCUT2D eigenvalue weighted by atomic mass is 16.1. The zero-order valence-corrected chi connectivity index (χ0v) is 7.08. The van der Waals surface area contributed by atoms with Crippen molar-refractivity contribution in [3.05, 3.63) is 23.8 Å². The third-order valence-electron chi connectivity index (χ3n) is 2.07. The molecule has 1 saturated heterocycles. The number of Topliss-reactive ketones (excluding diaryl/α,β-unsaturated/α-hetero) is 1. The second-order valence-corrected chi connectivity index (χ2v) is 3.17. The van der Waals surface area contributed by atoms with E-state index >= 15 is 0 Å². The van der Waals surface area contributed by atoms with Gasteiger partial charge >= 0.3 is 0 Å². The molecule has 0 bridgehead atoms. The van der Waals surface area contributed by atoms with Crippen molar-refractivity contribution in [2.24, 2.45) is 0 Å². The lowest BCUT2D eigenvalue weighted by Gasteiger charge is -2.03. The summed E-state index contributed by atoms with van der Waals surface area (Å²) in [5.41, 5.74) is 12.8. The normalized spacial score (nSPS) is 19.8. The quantitative estimate of drug-likeness (QED) is 0.337. The van der Waals surface area contributed by atoms with Crippen molar-refractivity contribution in [1.82, 2.24) is 5.32 Å². The standard InChI is InChI=1S/C9H11N3O/c10-5-1-2-6(7(11)3-5)9(13)8-4-12-8/h1-3,8,12H,4,10-11H2. The Morgan fingerprint density at radius 1 is 1.46 bits per heavy atom. The minimum Gasteiger partial charge on any atom is -0.399 e. The molecule has 0 radical (unpaired) electrons. The minimum atomic E-state index is -0.0362. The Hall–Kier alpha value is -1.55. The fraction of sp³-hybridized carbons (Fsp3) is 0.222. The van der Waals surface area contributed by atoms with Crippen LogP contribution in [0.25, 0.3) is 0 Å². The molecule has 4 nitrogen and oxygen atoms in total. The molecule has 1 heterocycles. The van der Waals surface area contributed by atoms with E-state index < -0.39 is 0 Å². The van der Waals surface area contributed by atoms with Gasteiger partial charge in [0.1, 0.15) is 0 Å². The maximum atomic E-state index is 11.6. The predicted octanol–water partition coefficient (Wildman–Crippen LogP) is 0.00550. The summed E-state index contributed by atoms with van der Waals surface area (Å²) in [6.45, 7) is 0.753. The van der Waals surface area contributed by atoms with Gasteiger partial charge in [0.2, 0.25) is 0 Å². The largest absolute Gasteiger partial charge is 0.399 e. The van der Waals surface area contributed by atoms with Crippen LogP contribution in [-0.4, -0.2) is 18.4 Å². The summed E-state index contributed by atoms with van der Waals surface area (Å²) in [6.07, 6.45) is 0. The van der Waals surface area contributed by atoms with Crippen LogP contribution < -0.4 is 16.8 Å². The number of hydrogen-bond acceptors (Lipinski definition) is 4. The van der Waals surface area contributed by atoms with E-state index in [-0.39, 0.29) is 11.8 Å². The molecule has 0 aromatic heterocycles. The first-order chi connectivity index (χ1) is 6.18. The number of rotatable bonds is 2. The molecule has 2 rings (SSSR count). The number of hydrogen-bond donors (Lipinski definition) is 3. The summed E-state index contributed by atoms with van der Waals surface area (Å²) in [5.74, 6) is 0.0532. The molecule has 1 atom stereocenters. The fourth-order valence-corrected chi connectivity index (χ4v) is 1.24. The summed E-state index contributed by atoms with van der Waals surface area (Å²) in [7, 11) is 0. The smallest absolute Gasteiger partial charge is 0.183 e. The van der Waals surface area contributed by atoms with E-state index in [1.54, 1.807) is 18.2 Å². The molecule has 1 aliphatic rings. The average molecular weight is 177 g/mol. The van der Waals surface area contributed by atoms with Crippen molar-refractivity contribution in [3.8, 4) is 0 Å². The van der Waals surface area contributed by atoms with Gasteiger partial charge < -0.3 is 16.8 Å². The summed E-state index contributed by atoms with van der Waals surface area (Å²) < 4.78 is 0. The van der Waals surface area contributed by atoms with E-state index in [2.05, 4.69) is 5.32 Å². The van der Waals surface area contributed by atoms with E-state index in [9.17, 15) is 4.79 Å². The monoisotopic (exact) mass is 177 g/mol. The van der Waals surface area contributed by atoms with Crippen LogP contribution in [0, 0.1) is 0 Å². The van der Waals surface area contributed by atoms with Gasteiger partial charge in [0.15, 0.2) is 5.78 Å². The number of anilines is 2. The second-order valence-electron chi connectivity index (χ2n) is 3.17. The zero-order valence-electron chi connectivity index (χ0n) is 7.08. The molecule has 5 N–H and O–H groups in total. The summed E-state index contributed by atoms with van der Waals surface area (Å²) in [6, 6.07) is 4.93. The van der Waals surface area contributed by atoms with Crippen molar-refractivity contribution in [1.29, 1.82) is 0 Å². The van der Waals surface area contributed by atoms with Crippen LogP contribution >= 0.6 is 0 Å². The highest BCUT2D eigenvalue weighted by molar-refractivity contribution is 6.06. The Morgan fingerprint density at radius 2 is 2.15 bits per heavy atom. The lowest BCUT2D eigenvalue weighted by molar-refractivity contribution is 0.0991. The average Bonchev–Trinajstić information content (AvgIpc) is 2.85. The van der Waals surface area contributed by atoms with Crippen molar-refractivity contribution < 1.29 is 4.79 Å². The van der Waals surface area contributed by atoms with Crippen LogP contribution in [0.15, 0.2) is 18.2 Å². The van der Waals surface area contributed by atoms with E-state index in [1.807, 2.05) is 0 Å². The lowest BCUT2D eigenvalue weighted by Crippen LogP contribution is -2.12. The maximum Gasteiger partial charge on any atom is 0.183 e. The van der Waals surface area contributed by atoms with Gasteiger partial charge in [-0.1, -0.05) is 0 Å². The summed E-state index contributed by atoms with van der Waals surface area (Å²) >= 11 is 0. The Morgan fingerprint density at radius 3 is 2.69 bits per heavy atom. The van der Waals surface area contributed by atoms with Crippen LogP contribution in [0.5, 0.6) is 0 Å². The Bertz CT molecular complexity index is 358. The van der Waals surface area contributed by atoms with Crippen LogP contribution in [0.4, 0.5) is 11.4 Å². The van der Waals surface area contributed by atoms with Crippen LogP contribution in [0.2, 0.25) is 0 Å². The summed E-state index contributed by atoms with van der Waals surface area (Å²) in [5, 5.41) is 2.94. The Labute approximate surface area is 75.9 Å². The van der Waals surface area contributed by atoms with Crippen LogP contribution in [0.3, 0.4) is 0 Å². The molecule has 68 valence electrons. The molecule has 13 heavy (non-hydrogen) atoms. The molecule has 1 aromatic carbocycles. The van der Waals surface area contributed by atoms with Gasteiger partial charge in [-0.3, -0.25) is 4.79 Å². The number of nitrogens with one attached hydrogen (secondary N) is 1. The Balaban J connectivity index is 2.33. The molecule has 0 saturated carbocycles. The van der Waals surface area contributed by atoms with Gasteiger partial charge in [0.05, 0.1) is 6.04 Å². The van der Waals surface area contributed by atoms with Gasteiger partial charge in [-0.05, 0) is 18.2 Å². The highest BCUT2D eigenvalue weighted by Crippen LogP contribution is 2.19. The topological polar surface area (TPSA) is 91.0 Å². The molecule has 0 aliphatic carbocycles. The van der Waals surface area contributed by atoms with Crippen molar-refractivity contribution in [2.45, 2.75) is 6.04 Å². The molecule has 1 fully saturated rings. The Kier molecular flexibility index (Phi) is 1.70. The minimum absolute atomic E-state index is 0.0362. The number of carbonyl (C=O) groups is 1. The van der Waals surface area contributed by atoms with Crippen molar-refractivity contribution in [2.75, 3.05) is 18.0 Å². The molecule has 0 spiro atoms. The SMILES string of the molecule is Nc1ccc(C(=O)C2CN2)c(N)c1. The predicted molar refractivity (Wildman–Crippen MR) is 51.4 cm³/mol. The molecule has 1 aromatic rings. The first-order valence-corrected chi connectivity index (χ1v) is 4.11. The first-order valence-electron chi connectivity index (χ1n) is 4.11. The third-order valence-corrected chi connectivity index (χ3v) is 2.07. The molecule has 1 unspecified atom stereocenters. The fourth-order valence-electron chi connectivity index (χ4n) is 1.24. The third kappa shape index (κ3) is 1.48. The number of carbonyl (C=O) groups excluding carboxylic acids is 1. The van der Waals surface area contributed by atoms with Crippen LogP contribution in [0.1, 0.15) is 10.4 Å². The van der Waals surface area contributed by atoms with Gasteiger partial charge in [-0.15, -0.1) is 0 Å².